The second-order valence-electron chi connectivity index (χ2n) is 8.29. The molecule has 0 aromatic carbocycles. The highest BCUT2D eigenvalue weighted by Gasteiger charge is 2.09. The van der Waals surface area contributed by atoms with Crippen molar-refractivity contribution in [1.82, 2.24) is 20.6 Å². The van der Waals surface area contributed by atoms with E-state index in [-0.39, 0.29) is 43.4 Å². The lowest BCUT2D eigenvalue weighted by Gasteiger charge is -2.09. The van der Waals surface area contributed by atoms with Gasteiger partial charge in [-0.2, -0.15) is 0 Å². The van der Waals surface area contributed by atoms with Crippen LogP contribution in [0.25, 0.3) is 0 Å². The van der Waals surface area contributed by atoms with Gasteiger partial charge in [0.05, 0.1) is 111 Å². The zero-order valence-corrected chi connectivity index (χ0v) is 24.3. The molecule has 1 rings (SSSR count). The van der Waals surface area contributed by atoms with Crippen molar-refractivity contribution in [1.29, 1.82) is 0 Å². The molecule has 0 unspecified atom stereocenters. The lowest BCUT2D eigenvalue weighted by molar-refractivity contribution is -0.122. The number of ether oxygens (including phenoxy) is 8. The average Bonchev–Trinajstić information content (AvgIpc) is 2.99. The van der Waals surface area contributed by atoms with E-state index in [0.29, 0.717) is 92.5 Å². The standard InChI is InChI=1S/C26H45N5O11/c1-35-6-7-37-10-11-39-14-15-41-18-19-42-17-16-40-13-12-38-9-8-36-5-2-24(32)28-3-4-29-26(34)23-21-30-22(20-31-23)25(27)33/h20-21H,2-19H2,1H3,(H2,27,33)(H,28,32)(H,29,34). The summed E-state index contributed by atoms with van der Waals surface area (Å²) in [7, 11) is 1.63. The first-order chi connectivity index (χ1) is 20.5. The zero-order valence-electron chi connectivity index (χ0n) is 24.3. The van der Waals surface area contributed by atoms with E-state index in [2.05, 4.69) is 20.6 Å². The summed E-state index contributed by atoms with van der Waals surface area (Å²) in [5.41, 5.74) is 5.08. The molecule has 16 nitrogen and oxygen atoms in total. The Morgan fingerprint density at radius 1 is 0.595 bits per heavy atom. The summed E-state index contributed by atoms with van der Waals surface area (Å²) in [5, 5.41) is 5.26. The third-order valence-electron chi connectivity index (χ3n) is 5.01. The molecule has 0 fully saturated rings. The Kier molecular flexibility index (Phi) is 23.9. The van der Waals surface area contributed by atoms with Crippen molar-refractivity contribution in [2.75, 3.05) is 119 Å². The summed E-state index contributed by atoms with van der Waals surface area (Å²) >= 11 is 0. The molecule has 1 aromatic rings. The van der Waals surface area contributed by atoms with E-state index in [9.17, 15) is 14.4 Å². The molecule has 16 heteroatoms. The third kappa shape index (κ3) is 21.9. The Balaban J connectivity index is 1.77. The van der Waals surface area contributed by atoms with Crippen LogP contribution < -0.4 is 16.4 Å². The predicted octanol–water partition coefficient (Wildman–Crippen LogP) is -1.43. The van der Waals surface area contributed by atoms with Crippen molar-refractivity contribution in [2.45, 2.75) is 6.42 Å². The molecule has 0 saturated heterocycles. The van der Waals surface area contributed by atoms with Gasteiger partial charge in [0.1, 0.15) is 11.4 Å². The van der Waals surface area contributed by atoms with Gasteiger partial charge in [-0.25, -0.2) is 9.97 Å². The number of primary amides is 1. The van der Waals surface area contributed by atoms with Crippen molar-refractivity contribution in [2.24, 2.45) is 5.73 Å². The SMILES string of the molecule is COCCOCCOCCOCCOCCOCCOCCOCCC(=O)NCCNC(=O)c1cnc(C(N)=O)cn1. The molecule has 1 aromatic heterocycles. The topological polar surface area (TPSA) is 201 Å². The van der Waals surface area contributed by atoms with E-state index < -0.39 is 11.8 Å². The Morgan fingerprint density at radius 2 is 0.976 bits per heavy atom. The lowest BCUT2D eigenvalue weighted by Crippen LogP contribution is -2.35. The van der Waals surface area contributed by atoms with Crippen molar-refractivity contribution in [3.8, 4) is 0 Å². The van der Waals surface area contributed by atoms with Crippen molar-refractivity contribution < 1.29 is 52.3 Å². The van der Waals surface area contributed by atoms with Crippen molar-refractivity contribution >= 4 is 17.7 Å². The minimum atomic E-state index is -0.731. The van der Waals surface area contributed by atoms with Gasteiger partial charge in [0.25, 0.3) is 11.8 Å². The fourth-order valence-corrected chi connectivity index (χ4v) is 2.86. The van der Waals surface area contributed by atoms with Crippen LogP contribution in [-0.2, 0) is 42.7 Å². The molecule has 0 aliphatic heterocycles. The lowest BCUT2D eigenvalue weighted by atomic mass is 10.3. The maximum Gasteiger partial charge on any atom is 0.271 e. The third-order valence-corrected chi connectivity index (χ3v) is 5.01. The van der Waals surface area contributed by atoms with Gasteiger partial charge in [0.2, 0.25) is 5.91 Å². The molecule has 0 atom stereocenters. The number of nitrogens with zero attached hydrogens (tertiary/aromatic N) is 2. The molecular weight excluding hydrogens is 558 g/mol. The Bertz CT molecular complexity index is 833. The van der Waals surface area contributed by atoms with E-state index in [4.69, 9.17) is 43.6 Å². The van der Waals surface area contributed by atoms with Gasteiger partial charge in [-0.15, -0.1) is 0 Å². The molecule has 0 aliphatic rings. The summed E-state index contributed by atoms with van der Waals surface area (Å²) in [4.78, 5) is 42.3. The van der Waals surface area contributed by atoms with Crippen molar-refractivity contribution in [3.05, 3.63) is 23.8 Å². The molecule has 0 bridgehead atoms. The van der Waals surface area contributed by atoms with E-state index in [0.717, 1.165) is 12.4 Å². The van der Waals surface area contributed by atoms with Crippen LogP contribution in [0.5, 0.6) is 0 Å². The number of hydrogen-bond acceptors (Lipinski definition) is 13. The summed E-state index contributed by atoms with van der Waals surface area (Å²) in [5.74, 6) is -1.42. The average molecular weight is 604 g/mol. The number of carbonyl (C=O) groups excluding carboxylic acids is 3. The molecule has 0 aliphatic carbocycles. The van der Waals surface area contributed by atoms with Crippen LogP contribution in [0.2, 0.25) is 0 Å². The van der Waals surface area contributed by atoms with E-state index in [1.807, 2.05) is 0 Å². The van der Waals surface area contributed by atoms with Crippen LogP contribution in [-0.4, -0.2) is 147 Å². The molecular formula is C26H45N5O11. The van der Waals surface area contributed by atoms with Crippen molar-refractivity contribution in [3.63, 3.8) is 0 Å². The number of carbonyl (C=O) groups is 3. The minimum absolute atomic E-state index is 0.0348. The highest BCUT2D eigenvalue weighted by molar-refractivity contribution is 5.93. The zero-order chi connectivity index (χ0) is 30.5. The number of nitrogens with two attached hydrogens (primary N) is 1. The first-order valence-corrected chi connectivity index (χ1v) is 13.7. The molecule has 1 heterocycles. The summed E-state index contributed by atoms with van der Waals surface area (Å²) in [6.45, 7) is 7.43. The molecule has 240 valence electrons. The van der Waals surface area contributed by atoms with Crippen LogP contribution in [0.1, 0.15) is 27.4 Å². The Hall–Kier alpha value is -2.83. The fourth-order valence-electron chi connectivity index (χ4n) is 2.86. The summed E-state index contributed by atoms with van der Waals surface area (Å²) < 4.78 is 42.6. The van der Waals surface area contributed by atoms with Gasteiger partial charge >= 0.3 is 0 Å². The minimum Gasteiger partial charge on any atom is -0.382 e. The smallest absolute Gasteiger partial charge is 0.271 e. The van der Waals surface area contributed by atoms with Gasteiger partial charge < -0.3 is 54.3 Å². The van der Waals surface area contributed by atoms with Crippen LogP contribution in [0.15, 0.2) is 12.4 Å². The quantitative estimate of drug-likeness (QED) is 0.0901. The highest BCUT2D eigenvalue weighted by Crippen LogP contribution is 1.95. The molecule has 4 N–H and O–H groups in total. The first-order valence-electron chi connectivity index (χ1n) is 13.7. The van der Waals surface area contributed by atoms with Crippen LogP contribution in [0.3, 0.4) is 0 Å². The molecule has 0 spiro atoms. The van der Waals surface area contributed by atoms with Crippen LogP contribution >= 0.6 is 0 Å². The molecule has 42 heavy (non-hydrogen) atoms. The second kappa shape index (κ2) is 27.0. The highest BCUT2D eigenvalue weighted by atomic mass is 16.6. The largest absolute Gasteiger partial charge is 0.382 e. The van der Waals surface area contributed by atoms with Gasteiger partial charge in [-0.3, -0.25) is 14.4 Å². The number of nitrogens with one attached hydrogen (secondary N) is 2. The van der Waals surface area contributed by atoms with Crippen LogP contribution in [0, 0.1) is 0 Å². The predicted molar refractivity (Wildman–Crippen MR) is 148 cm³/mol. The Labute approximate surface area is 246 Å². The van der Waals surface area contributed by atoms with Gasteiger partial charge in [0.15, 0.2) is 0 Å². The van der Waals surface area contributed by atoms with E-state index in [1.165, 1.54) is 0 Å². The normalized spacial score (nSPS) is 11.0. The molecule has 0 radical (unpaired) electrons. The molecule has 3 amide bonds. The maximum atomic E-state index is 12.0. The summed E-state index contributed by atoms with van der Waals surface area (Å²) in [6.07, 6.45) is 2.46. The number of amides is 3. The van der Waals surface area contributed by atoms with E-state index in [1.54, 1.807) is 7.11 Å². The number of methoxy groups -OCH3 is 1. The van der Waals surface area contributed by atoms with Gasteiger partial charge in [-0.1, -0.05) is 0 Å². The monoisotopic (exact) mass is 603 g/mol. The number of rotatable bonds is 29. The van der Waals surface area contributed by atoms with Gasteiger partial charge in [0, 0.05) is 26.6 Å². The fraction of sp³-hybridized carbons (Fsp3) is 0.731. The maximum absolute atomic E-state index is 12.0. The van der Waals surface area contributed by atoms with Gasteiger partial charge in [-0.05, 0) is 0 Å². The van der Waals surface area contributed by atoms with E-state index >= 15 is 0 Å². The summed E-state index contributed by atoms with van der Waals surface area (Å²) in [6, 6.07) is 0. The first kappa shape index (κ1) is 37.2. The Morgan fingerprint density at radius 3 is 1.38 bits per heavy atom. The molecule has 0 saturated carbocycles. The number of hydrogen-bond donors (Lipinski definition) is 3. The van der Waals surface area contributed by atoms with Crippen LogP contribution in [0.4, 0.5) is 0 Å². The number of aromatic nitrogens is 2. The second-order valence-corrected chi connectivity index (χ2v) is 8.29.